The molecule has 0 amide bonds. The highest BCUT2D eigenvalue weighted by molar-refractivity contribution is 5.78. The third-order valence-electron chi connectivity index (χ3n) is 2.93. The Morgan fingerprint density at radius 3 is 2.16 bits per heavy atom. The maximum Gasteiger partial charge on any atom is 0.123 e. The van der Waals surface area contributed by atoms with Crippen LogP contribution in [-0.4, -0.2) is 27.6 Å². The summed E-state index contributed by atoms with van der Waals surface area (Å²) in [6.45, 7) is 4.28. The minimum atomic E-state index is 0. The first-order valence-electron chi connectivity index (χ1n) is 6.19. The highest BCUT2D eigenvalue weighted by atomic mass is 27.0. The number of para-hydroxylation sites is 1. The third-order valence-corrected chi connectivity index (χ3v) is 2.93. The highest BCUT2D eigenvalue weighted by Gasteiger charge is 2.14. The minimum Gasteiger partial charge on any atom is -0.507 e. The molecular formula is C16H18AlO2. The van der Waals surface area contributed by atoms with Gasteiger partial charge < -0.3 is 10.2 Å². The first kappa shape index (κ1) is 15.6. The van der Waals surface area contributed by atoms with Crippen molar-refractivity contribution in [3.05, 3.63) is 48.0 Å². The third kappa shape index (κ3) is 3.53. The fraction of sp³-hybridized carbons (Fsp3) is 0.250. The van der Waals surface area contributed by atoms with Gasteiger partial charge in [-0.1, -0.05) is 44.2 Å². The molecule has 3 radical (unpaired) electrons. The number of benzene rings is 2. The Morgan fingerprint density at radius 1 is 0.895 bits per heavy atom. The number of aromatic hydroxyl groups is 2. The van der Waals surface area contributed by atoms with Crippen LogP contribution in [0.3, 0.4) is 0 Å². The second kappa shape index (κ2) is 6.66. The first-order chi connectivity index (χ1) is 8.59. The van der Waals surface area contributed by atoms with E-state index < -0.39 is 0 Å². The van der Waals surface area contributed by atoms with Gasteiger partial charge in [-0.25, -0.2) is 0 Å². The van der Waals surface area contributed by atoms with Gasteiger partial charge in [0, 0.05) is 28.5 Å². The monoisotopic (exact) mass is 269 g/mol. The molecule has 0 aliphatic rings. The summed E-state index contributed by atoms with van der Waals surface area (Å²) in [5.74, 6) is 0.912. The van der Waals surface area contributed by atoms with Crippen LogP contribution in [0.25, 0.3) is 11.1 Å². The molecular weight excluding hydrogens is 251 g/mol. The molecule has 2 N–H and O–H groups in total. The van der Waals surface area contributed by atoms with Gasteiger partial charge >= 0.3 is 0 Å². The van der Waals surface area contributed by atoms with Crippen molar-refractivity contribution in [2.75, 3.05) is 0 Å². The van der Waals surface area contributed by atoms with Crippen LogP contribution in [0.5, 0.6) is 11.5 Å². The summed E-state index contributed by atoms with van der Waals surface area (Å²) < 4.78 is 0. The zero-order valence-electron chi connectivity index (χ0n) is 11.3. The van der Waals surface area contributed by atoms with Crippen LogP contribution in [0.15, 0.2) is 42.5 Å². The SMILES string of the molecule is CC(C)Cc1cccc(O)c1-c1ccccc1O.[Al]. The van der Waals surface area contributed by atoms with Crippen LogP contribution < -0.4 is 0 Å². The van der Waals surface area contributed by atoms with Crippen LogP contribution in [0, 0.1) is 5.92 Å². The van der Waals surface area contributed by atoms with E-state index in [4.69, 9.17) is 0 Å². The molecule has 0 fully saturated rings. The minimum absolute atomic E-state index is 0. The normalized spacial score (nSPS) is 10.3. The fourth-order valence-electron chi connectivity index (χ4n) is 2.19. The molecule has 0 saturated carbocycles. The Morgan fingerprint density at radius 2 is 1.53 bits per heavy atom. The lowest BCUT2D eigenvalue weighted by Gasteiger charge is -2.14. The average molecular weight is 269 g/mol. The molecule has 0 bridgehead atoms. The van der Waals surface area contributed by atoms with E-state index in [1.165, 1.54) is 0 Å². The van der Waals surface area contributed by atoms with E-state index in [1.807, 2.05) is 24.3 Å². The van der Waals surface area contributed by atoms with Crippen LogP contribution in [0.1, 0.15) is 19.4 Å². The molecule has 19 heavy (non-hydrogen) atoms. The molecule has 2 rings (SSSR count). The number of phenols is 2. The van der Waals surface area contributed by atoms with E-state index in [-0.39, 0.29) is 28.9 Å². The summed E-state index contributed by atoms with van der Waals surface area (Å²) >= 11 is 0. The Bertz CT molecular complexity index is 550. The van der Waals surface area contributed by atoms with E-state index in [2.05, 4.69) is 13.8 Å². The molecule has 2 aromatic carbocycles. The second-order valence-electron chi connectivity index (χ2n) is 4.93. The van der Waals surface area contributed by atoms with E-state index in [0.717, 1.165) is 17.5 Å². The largest absolute Gasteiger partial charge is 0.507 e. The molecule has 3 heteroatoms. The van der Waals surface area contributed by atoms with Gasteiger partial charge in [-0.15, -0.1) is 0 Å². The van der Waals surface area contributed by atoms with Crippen molar-refractivity contribution in [3.63, 3.8) is 0 Å². The quantitative estimate of drug-likeness (QED) is 0.836. The summed E-state index contributed by atoms with van der Waals surface area (Å²) in [7, 11) is 0. The van der Waals surface area contributed by atoms with Gasteiger partial charge in [-0.05, 0) is 30.0 Å². The van der Waals surface area contributed by atoms with Crippen molar-refractivity contribution in [2.24, 2.45) is 5.92 Å². The standard InChI is InChI=1S/C16H18O2.Al/c1-11(2)10-12-6-5-9-15(18)16(12)13-7-3-4-8-14(13)17;/h3-9,11,17-18H,10H2,1-2H3;. The Kier molecular flexibility index (Phi) is 5.48. The lowest BCUT2D eigenvalue weighted by molar-refractivity contribution is 0.468. The molecule has 0 unspecified atom stereocenters. The van der Waals surface area contributed by atoms with Gasteiger partial charge in [0.25, 0.3) is 0 Å². The maximum atomic E-state index is 10.1. The summed E-state index contributed by atoms with van der Waals surface area (Å²) in [5.41, 5.74) is 2.49. The van der Waals surface area contributed by atoms with Crippen molar-refractivity contribution in [1.29, 1.82) is 0 Å². The lowest BCUT2D eigenvalue weighted by atomic mass is 9.92. The summed E-state index contributed by atoms with van der Waals surface area (Å²) in [5, 5.41) is 20.0. The average Bonchev–Trinajstić information content (AvgIpc) is 2.30. The molecule has 2 nitrogen and oxygen atoms in total. The highest BCUT2D eigenvalue weighted by Crippen LogP contribution is 2.38. The van der Waals surface area contributed by atoms with Gasteiger partial charge in [0.2, 0.25) is 0 Å². The van der Waals surface area contributed by atoms with Crippen LogP contribution in [0.4, 0.5) is 0 Å². The van der Waals surface area contributed by atoms with Crippen molar-refractivity contribution >= 4 is 17.4 Å². The molecule has 0 aliphatic heterocycles. The molecule has 2 aromatic rings. The maximum absolute atomic E-state index is 10.1. The molecule has 0 aromatic heterocycles. The van der Waals surface area contributed by atoms with Crippen LogP contribution in [0.2, 0.25) is 0 Å². The van der Waals surface area contributed by atoms with E-state index in [1.54, 1.807) is 18.2 Å². The molecule has 0 spiro atoms. The summed E-state index contributed by atoms with van der Waals surface area (Å²) in [4.78, 5) is 0. The summed E-state index contributed by atoms with van der Waals surface area (Å²) in [6, 6.07) is 12.6. The molecule has 97 valence electrons. The topological polar surface area (TPSA) is 40.5 Å². The lowest BCUT2D eigenvalue weighted by Crippen LogP contribution is -1.97. The Labute approximate surface area is 124 Å². The Hall–Kier alpha value is -1.43. The molecule has 0 atom stereocenters. The number of hydrogen-bond donors (Lipinski definition) is 2. The number of phenolic OH excluding ortho intramolecular Hbond substituents is 2. The van der Waals surface area contributed by atoms with Gasteiger partial charge in [-0.3, -0.25) is 0 Å². The van der Waals surface area contributed by atoms with Gasteiger partial charge in [0.15, 0.2) is 0 Å². The molecule has 0 saturated heterocycles. The molecule has 0 heterocycles. The van der Waals surface area contributed by atoms with Gasteiger partial charge in [-0.2, -0.15) is 0 Å². The zero-order chi connectivity index (χ0) is 13.1. The van der Waals surface area contributed by atoms with E-state index in [9.17, 15) is 10.2 Å². The number of hydrogen-bond acceptors (Lipinski definition) is 2. The fourth-order valence-corrected chi connectivity index (χ4v) is 2.19. The predicted octanol–water partition coefficient (Wildman–Crippen LogP) is 3.58. The van der Waals surface area contributed by atoms with Crippen LogP contribution in [-0.2, 0) is 6.42 Å². The van der Waals surface area contributed by atoms with E-state index in [0.29, 0.717) is 11.5 Å². The van der Waals surface area contributed by atoms with E-state index >= 15 is 0 Å². The van der Waals surface area contributed by atoms with Crippen molar-refractivity contribution in [1.82, 2.24) is 0 Å². The van der Waals surface area contributed by atoms with Crippen molar-refractivity contribution in [3.8, 4) is 22.6 Å². The first-order valence-corrected chi connectivity index (χ1v) is 6.19. The predicted molar refractivity (Wildman–Crippen MR) is 79.5 cm³/mol. The Balaban J connectivity index is 0.00000180. The molecule has 0 aliphatic carbocycles. The second-order valence-corrected chi connectivity index (χ2v) is 4.93. The number of rotatable bonds is 3. The van der Waals surface area contributed by atoms with Crippen molar-refractivity contribution in [2.45, 2.75) is 20.3 Å². The summed E-state index contributed by atoms with van der Waals surface area (Å²) in [6.07, 6.45) is 0.873. The smallest absolute Gasteiger partial charge is 0.123 e. The van der Waals surface area contributed by atoms with Crippen molar-refractivity contribution < 1.29 is 10.2 Å². The zero-order valence-corrected chi connectivity index (χ0v) is 12.5. The van der Waals surface area contributed by atoms with Gasteiger partial charge in [0.1, 0.15) is 11.5 Å². The van der Waals surface area contributed by atoms with Gasteiger partial charge in [0.05, 0.1) is 0 Å². The van der Waals surface area contributed by atoms with Crippen LogP contribution >= 0.6 is 0 Å².